The lowest BCUT2D eigenvalue weighted by atomic mass is 9.68. The number of fused-ring (bicyclic) bond motifs is 9. The summed E-state index contributed by atoms with van der Waals surface area (Å²) in [5, 5.41) is 0.938. The summed E-state index contributed by atoms with van der Waals surface area (Å²) in [5.74, 6) is -0.0561. The minimum absolute atomic E-state index is 0.00682. The molecule has 1 aromatic heterocycles. The van der Waals surface area contributed by atoms with Gasteiger partial charge >= 0.3 is 4.87 Å². The lowest BCUT2D eigenvalue weighted by molar-refractivity contribution is -0.137. The number of rotatable bonds is 7. The summed E-state index contributed by atoms with van der Waals surface area (Å²) < 4.78 is 17.4. The first-order valence-electron chi connectivity index (χ1n) is 15.9. The minimum atomic E-state index is -0.375. The molecule has 46 heavy (non-hydrogen) atoms. The predicted octanol–water partition coefficient (Wildman–Crippen LogP) is 4.06. The first-order chi connectivity index (χ1) is 22.3. The molecule has 0 spiro atoms. The maximum Gasteiger partial charge on any atom is 0.305 e. The van der Waals surface area contributed by atoms with Gasteiger partial charge in [0.2, 0.25) is 11.8 Å². The third-order valence-electron chi connectivity index (χ3n) is 10.4. The zero-order valence-electron chi connectivity index (χ0n) is 25.6. The van der Waals surface area contributed by atoms with Crippen LogP contribution >= 0.6 is 23.1 Å². The number of aromatic nitrogens is 1. The van der Waals surface area contributed by atoms with E-state index in [1.165, 1.54) is 16.2 Å². The first kappa shape index (κ1) is 29.8. The van der Waals surface area contributed by atoms with Crippen LogP contribution in [0, 0.1) is 36.5 Å². The number of nitrogens with zero attached hydrogens (tertiary/aromatic N) is 2. The topological polar surface area (TPSA) is 118 Å². The SMILES string of the molecule is CCOc1cc([C@H]2c3sc(=O)[nH]c3SC3C4CC(C5C(=O)N(c6ccc(C)cc6)C(=O)C45)C32)ccc1OCC(=O)N1CCOCC1. The fourth-order valence-corrected chi connectivity index (χ4v) is 11.4. The number of ether oxygens (including phenoxy) is 3. The van der Waals surface area contributed by atoms with E-state index in [1.807, 2.05) is 56.3 Å². The number of carbonyl (C=O) groups is 3. The molecule has 2 aromatic carbocycles. The van der Waals surface area contributed by atoms with Crippen molar-refractivity contribution < 1.29 is 28.6 Å². The molecule has 6 unspecified atom stereocenters. The Hall–Kier alpha value is -3.61. The van der Waals surface area contributed by atoms with Crippen molar-refractivity contribution in [3.8, 4) is 11.5 Å². The first-order valence-corrected chi connectivity index (χ1v) is 17.6. The van der Waals surface area contributed by atoms with Gasteiger partial charge < -0.3 is 24.1 Å². The molecule has 2 saturated carbocycles. The number of anilines is 1. The standard InChI is InChI=1S/C34H35N3O7S2/c1-3-43-23-14-18(6-9-22(23)44-16-24(38)36-10-12-42-13-11-36)25-26-20-15-21(29(26)45-31-30(25)46-34(41)35-31)28-27(20)32(39)37(33(28)40)19-7-4-17(2)5-8-19/h4-9,14,20-21,25-29H,3,10-13,15-16H2,1-2H3,(H,35,41)/t20?,21?,25-,26?,27?,28?,29?/m1/s1. The van der Waals surface area contributed by atoms with E-state index in [4.69, 9.17) is 14.2 Å². The molecule has 7 atom stereocenters. The van der Waals surface area contributed by atoms with E-state index in [1.54, 1.807) is 16.7 Å². The molecule has 240 valence electrons. The van der Waals surface area contributed by atoms with Gasteiger partial charge in [0.15, 0.2) is 18.1 Å². The van der Waals surface area contributed by atoms with E-state index in [2.05, 4.69) is 4.98 Å². The second kappa shape index (κ2) is 11.6. The predicted molar refractivity (Wildman–Crippen MR) is 173 cm³/mol. The molecule has 2 aliphatic carbocycles. The van der Waals surface area contributed by atoms with Crippen molar-refractivity contribution in [3.05, 3.63) is 68.1 Å². The van der Waals surface area contributed by atoms with E-state index < -0.39 is 0 Å². The number of aryl methyl sites for hydroxylation is 1. The van der Waals surface area contributed by atoms with Crippen LogP contribution in [0.15, 0.2) is 52.3 Å². The normalized spacial score (nSPS) is 29.5. The van der Waals surface area contributed by atoms with Crippen molar-refractivity contribution in [1.82, 2.24) is 9.88 Å². The number of thiazole rings is 1. The molecule has 3 aliphatic heterocycles. The summed E-state index contributed by atoms with van der Waals surface area (Å²) >= 11 is 2.89. The summed E-state index contributed by atoms with van der Waals surface area (Å²) in [6.07, 6.45) is 0.815. The number of H-pyrrole nitrogens is 1. The minimum Gasteiger partial charge on any atom is -0.490 e. The molecule has 4 fully saturated rings. The second-order valence-electron chi connectivity index (χ2n) is 12.7. The molecule has 1 N–H and O–H groups in total. The molecule has 4 heterocycles. The van der Waals surface area contributed by atoms with Crippen LogP contribution in [0.5, 0.6) is 11.5 Å². The van der Waals surface area contributed by atoms with Crippen molar-refractivity contribution in [2.45, 2.75) is 36.5 Å². The summed E-state index contributed by atoms with van der Waals surface area (Å²) in [5.41, 5.74) is 2.67. The number of hydrogen-bond acceptors (Lipinski definition) is 9. The van der Waals surface area contributed by atoms with Crippen LogP contribution < -0.4 is 19.2 Å². The van der Waals surface area contributed by atoms with Crippen molar-refractivity contribution in [2.24, 2.45) is 29.6 Å². The number of carbonyl (C=O) groups excluding carboxylic acids is 3. The van der Waals surface area contributed by atoms with E-state index in [0.29, 0.717) is 50.1 Å². The second-order valence-corrected chi connectivity index (χ2v) is 14.9. The molecule has 3 aromatic rings. The fraction of sp³-hybridized carbons (Fsp3) is 0.471. The molecule has 3 amide bonds. The maximum absolute atomic E-state index is 14.0. The Labute approximate surface area is 274 Å². The number of thioether (sulfide) groups is 1. The highest BCUT2D eigenvalue weighted by molar-refractivity contribution is 8.00. The molecule has 2 bridgehead atoms. The Bertz CT molecular complexity index is 1760. The van der Waals surface area contributed by atoms with Crippen LogP contribution in [-0.4, -0.2) is 72.4 Å². The fourth-order valence-electron chi connectivity index (χ4n) is 8.49. The Kier molecular flexibility index (Phi) is 7.49. The molecular weight excluding hydrogens is 627 g/mol. The van der Waals surface area contributed by atoms with Gasteiger partial charge in [-0.05, 0) is 67.9 Å². The van der Waals surface area contributed by atoms with Crippen LogP contribution in [0.3, 0.4) is 0 Å². The van der Waals surface area contributed by atoms with E-state index in [0.717, 1.165) is 27.5 Å². The Morgan fingerprint density at radius 3 is 2.46 bits per heavy atom. The van der Waals surface area contributed by atoms with Gasteiger partial charge in [0.25, 0.3) is 5.91 Å². The van der Waals surface area contributed by atoms with Crippen molar-refractivity contribution in [1.29, 1.82) is 0 Å². The van der Waals surface area contributed by atoms with Crippen LogP contribution in [0.25, 0.3) is 0 Å². The number of aromatic amines is 1. The Balaban J connectivity index is 1.12. The monoisotopic (exact) mass is 661 g/mol. The zero-order valence-corrected chi connectivity index (χ0v) is 27.2. The van der Waals surface area contributed by atoms with Gasteiger partial charge in [-0.3, -0.25) is 24.1 Å². The molecule has 8 rings (SSSR count). The van der Waals surface area contributed by atoms with Gasteiger partial charge in [-0.25, -0.2) is 0 Å². The van der Waals surface area contributed by atoms with Crippen molar-refractivity contribution >= 4 is 46.5 Å². The molecular formula is C34H35N3O7S2. The van der Waals surface area contributed by atoms with Gasteiger partial charge in [0.05, 0.1) is 42.4 Å². The molecule has 10 nitrogen and oxygen atoms in total. The van der Waals surface area contributed by atoms with E-state index >= 15 is 0 Å². The Morgan fingerprint density at radius 1 is 0.978 bits per heavy atom. The Morgan fingerprint density at radius 2 is 1.72 bits per heavy atom. The number of imide groups is 1. The average Bonchev–Trinajstić information content (AvgIpc) is 3.80. The highest BCUT2D eigenvalue weighted by atomic mass is 32.2. The van der Waals surface area contributed by atoms with E-state index in [-0.39, 0.29) is 70.0 Å². The molecule has 2 saturated heterocycles. The molecule has 12 heteroatoms. The van der Waals surface area contributed by atoms with Gasteiger partial charge in [0.1, 0.15) is 0 Å². The summed E-state index contributed by atoms with van der Waals surface area (Å²) in [7, 11) is 0. The number of nitrogens with one attached hydrogen (secondary N) is 1. The van der Waals surface area contributed by atoms with Crippen LogP contribution in [-0.2, 0) is 19.1 Å². The van der Waals surface area contributed by atoms with Crippen LogP contribution in [0.1, 0.15) is 35.3 Å². The van der Waals surface area contributed by atoms with Gasteiger partial charge in [-0.2, -0.15) is 0 Å². The van der Waals surface area contributed by atoms with Gasteiger partial charge in [-0.15, -0.1) is 11.8 Å². The smallest absolute Gasteiger partial charge is 0.305 e. The maximum atomic E-state index is 14.0. The number of hydrogen-bond donors (Lipinski definition) is 1. The number of amides is 3. The lowest BCUT2D eigenvalue weighted by Crippen LogP contribution is -2.43. The third-order valence-corrected chi connectivity index (χ3v) is 12.9. The number of morpholine rings is 1. The summed E-state index contributed by atoms with van der Waals surface area (Å²) in [6.45, 7) is 6.32. The van der Waals surface area contributed by atoms with Gasteiger partial charge in [0, 0.05) is 29.1 Å². The summed E-state index contributed by atoms with van der Waals surface area (Å²) in [6, 6.07) is 13.4. The highest BCUT2D eigenvalue weighted by Crippen LogP contribution is 2.68. The van der Waals surface area contributed by atoms with E-state index in [9.17, 15) is 19.2 Å². The van der Waals surface area contributed by atoms with Gasteiger partial charge in [-0.1, -0.05) is 35.1 Å². The average molecular weight is 662 g/mol. The van der Waals surface area contributed by atoms with Crippen molar-refractivity contribution in [2.75, 3.05) is 44.4 Å². The molecule has 5 aliphatic rings. The quantitative estimate of drug-likeness (QED) is 0.377. The zero-order chi connectivity index (χ0) is 31.7. The van der Waals surface area contributed by atoms with Crippen LogP contribution in [0.2, 0.25) is 0 Å². The highest BCUT2D eigenvalue weighted by Gasteiger charge is 2.69. The number of benzene rings is 2. The largest absolute Gasteiger partial charge is 0.490 e. The molecule has 0 radical (unpaired) electrons. The lowest BCUT2D eigenvalue weighted by Gasteiger charge is -2.43. The van der Waals surface area contributed by atoms with Crippen molar-refractivity contribution in [3.63, 3.8) is 0 Å². The third kappa shape index (κ3) is 4.71. The summed E-state index contributed by atoms with van der Waals surface area (Å²) in [4.78, 5) is 60.5. The van der Waals surface area contributed by atoms with Crippen LogP contribution in [0.4, 0.5) is 5.69 Å².